The predicted molar refractivity (Wildman–Crippen MR) is 154 cm³/mol. The monoisotopic (exact) mass is 522 g/mol. The average Bonchev–Trinajstić information content (AvgIpc) is 3.31. The Kier molecular flexibility index (Phi) is 6.05. The molecule has 7 heteroatoms. The number of rotatable bonds is 6. The number of aliphatic imine (C=N–C) groups is 1. The van der Waals surface area contributed by atoms with Crippen LogP contribution >= 0.6 is 0 Å². The Bertz CT molecular complexity index is 1370. The molecule has 2 bridgehead atoms. The highest BCUT2D eigenvalue weighted by Gasteiger charge is 2.64. The van der Waals surface area contributed by atoms with Crippen LogP contribution in [0.4, 0.5) is 11.4 Å². The van der Waals surface area contributed by atoms with Gasteiger partial charge in [0.1, 0.15) is 12.2 Å². The van der Waals surface area contributed by atoms with Gasteiger partial charge in [0, 0.05) is 47.4 Å². The fourth-order valence-electron chi connectivity index (χ4n) is 7.30. The van der Waals surface area contributed by atoms with Crippen LogP contribution in [-0.2, 0) is 11.8 Å². The zero-order valence-corrected chi connectivity index (χ0v) is 21.8. The zero-order valence-electron chi connectivity index (χ0n) is 21.8. The number of likely N-dealkylation sites (tertiary alicyclic amines) is 1. The number of aliphatic hydroxyl groups excluding tert-OH is 1. The van der Waals surface area contributed by atoms with Gasteiger partial charge < -0.3 is 25.6 Å². The first-order valence-electron chi connectivity index (χ1n) is 13.9. The van der Waals surface area contributed by atoms with E-state index in [9.17, 15) is 10.2 Å². The quantitative estimate of drug-likeness (QED) is 0.165. The number of piperidine rings is 1. The van der Waals surface area contributed by atoms with Crippen LogP contribution in [0.25, 0.3) is 0 Å². The second-order valence-corrected chi connectivity index (χ2v) is 11.1. The Morgan fingerprint density at radius 1 is 0.974 bits per heavy atom. The molecule has 0 unspecified atom stereocenters. The molecule has 7 rings (SSSR count). The van der Waals surface area contributed by atoms with E-state index in [0.29, 0.717) is 18.3 Å². The second-order valence-electron chi connectivity index (χ2n) is 11.1. The van der Waals surface area contributed by atoms with Crippen molar-refractivity contribution in [3.05, 3.63) is 96.1 Å². The van der Waals surface area contributed by atoms with Crippen LogP contribution in [0.15, 0.2) is 89.9 Å². The molecule has 3 aromatic rings. The summed E-state index contributed by atoms with van der Waals surface area (Å²) in [6.45, 7) is 2.59. The number of hydrogen-bond acceptors (Lipinski definition) is 5. The molecule has 5 atom stereocenters. The zero-order chi connectivity index (χ0) is 26.4. The van der Waals surface area contributed by atoms with Crippen molar-refractivity contribution in [1.82, 2.24) is 4.90 Å². The van der Waals surface area contributed by atoms with Crippen LogP contribution in [0, 0.1) is 5.92 Å². The van der Waals surface area contributed by atoms with Gasteiger partial charge in [-0.05, 0) is 61.7 Å². The van der Waals surface area contributed by atoms with Crippen molar-refractivity contribution in [2.24, 2.45) is 10.9 Å². The van der Waals surface area contributed by atoms with E-state index in [2.05, 4.69) is 27.7 Å². The first kappa shape index (κ1) is 24.2. The van der Waals surface area contributed by atoms with Crippen molar-refractivity contribution in [2.75, 3.05) is 30.3 Å². The maximum atomic E-state index is 10.9. The average molecular weight is 523 g/mol. The highest BCUT2D eigenvalue weighted by atomic mass is 16.5. The number of para-hydroxylation sites is 2. The summed E-state index contributed by atoms with van der Waals surface area (Å²) in [4.78, 5) is 7.51. The third-order valence-electron chi connectivity index (χ3n) is 8.93. The van der Waals surface area contributed by atoms with Gasteiger partial charge in [-0.3, -0.25) is 9.89 Å². The Labute approximate surface area is 228 Å². The van der Waals surface area contributed by atoms with Gasteiger partial charge in [-0.15, -0.1) is 0 Å². The van der Waals surface area contributed by atoms with Gasteiger partial charge in [-0.25, -0.2) is 0 Å². The van der Waals surface area contributed by atoms with Crippen molar-refractivity contribution in [1.29, 1.82) is 0 Å². The summed E-state index contributed by atoms with van der Waals surface area (Å²) >= 11 is 0. The number of benzene rings is 3. The largest absolute Gasteiger partial charge is 0.504 e. The molecule has 0 saturated carbocycles. The van der Waals surface area contributed by atoms with E-state index in [0.717, 1.165) is 55.2 Å². The maximum absolute atomic E-state index is 10.9. The number of anilines is 2. The number of ether oxygens (including phenoxy) is 1. The fourth-order valence-corrected chi connectivity index (χ4v) is 7.30. The first-order chi connectivity index (χ1) is 19.1. The molecule has 0 amide bonds. The summed E-state index contributed by atoms with van der Waals surface area (Å²) in [5.74, 6) is 1.77. The lowest BCUT2D eigenvalue weighted by Crippen LogP contribution is -2.65. The summed E-state index contributed by atoms with van der Waals surface area (Å²) in [7, 11) is 0. The SMILES string of the molecule is Oc1ccc2c3c1O[C@H]1[C@@H](O)C=C[C@H]4[C@@H](C2)N(CCCN=C(Nc2ccccc2)Nc2ccccc2)CC[C@@]341. The van der Waals surface area contributed by atoms with E-state index in [-0.39, 0.29) is 23.2 Å². The second kappa shape index (κ2) is 9.74. The molecular weight excluding hydrogens is 488 g/mol. The number of aliphatic hydroxyl groups is 1. The summed E-state index contributed by atoms with van der Waals surface area (Å²) in [6, 6.07) is 24.3. The number of hydrogen-bond donors (Lipinski definition) is 4. The molecule has 39 heavy (non-hydrogen) atoms. The van der Waals surface area contributed by atoms with Gasteiger partial charge in [0.15, 0.2) is 17.5 Å². The van der Waals surface area contributed by atoms with Crippen LogP contribution in [0.1, 0.15) is 24.0 Å². The predicted octanol–water partition coefficient (Wildman–Crippen LogP) is 4.54. The molecule has 4 aliphatic rings. The minimum absolute atomic E-state index is 0.186. The minimum atomic E-state index is -0.659. The van der Waals surface area contributed by atoms with Crippen LogP contribution in [0.2, 0.25) is 0 Å². The van der Waals surface area contributed by atoms with Crippen LogP contribution in [-0.4, -0.2) is 59.0 Å². The van der Waals surface area contributed by atoms with E-state index in [4.69, 9.17) is 9.73 Å². The minimum Gasteiger partial charge on any atom is -0.504 e. The van der Waals surface area contributed by atoms with E-state index in [1.54, 1.807) is 6.07 Å². The molecule has 0 aromatic heterocycles. The lowest BCUT2D eigenvalue weighted by molar-refractivity contribution is -0.0516. The molecule has 2 aliphatic carbocycles. The van der Waals surface area contributed by atoms with E-state index in [1.165, 1.54) is 5.56 Å². The highest BCUT2D eigenvalue weighted by Crippen LogP contribution is 2.62. The number of nitrogens with zero attached hydrogens (tertiary/aromatic N) is 2. The normalized spacial score (nSPS) is 27.8. The van der Waals surface area contributed by atoms with Gasteiger partial charge in [-0.1, -0.05) is 54.6 Å². The molecule has 1 fully saturated rings. The topological polar surface area (TPSA) is 89.3 Å². The maximum Gasteiger partial charge on any atom is 0.200 e. The Morgan fingerprint density at radius 3 is 2.41 bits per heavy atom. The molecule has 7 nitrogen and oxygen atoms in total. The van der Waals surface area contributed by atoms with Crippen molar-refractivity contribution in [3.8, 4) is 11.5 Å². The van der Waals surface area contributed by atoms with Crippen molar-refractivity contribution in [2.45, 2.75) is 42.9 Å². The summed E-state index contributed by atoms with van der Waals surface area (Å²) in [5.41, 5.74) is 4.11. The van der Waals surface area contributed by atoms with E-state index in [1.807, 2.05) is 66.7 Å². The number of aromatic hydroxyl groups is 1. The van der Waals surface area contributed by atoms with E-state index < -0.39 is 6.10 Å². The number of nitrogens with one attached hydrogen (secondary N) is 2. The van der Waals surface area contributed by atoms with Gasteiger partial charge in [0.25, 0.3) is 0 Å². The van der Waals surface area contributed by atoms with Gasteiger partial charge >= 0.3 is 0 Å². The third-order valence-corrected chi connectivity index (χ3v) is 8.93. The fraction of sp³-hybridized carbons (Fsp3) is 0.344. The summed E-state index contributed by atoms with van der Waals surface area (Å²) in [5, 5.41) is 28.3. The molecular formula is C32H34N4O3. The van der Waals surface area contributed by atoms with Crippen molar-refractivity contribution in [3.63, 3.8) is 0 Å². The molecule has 2 aliphatic heterocycles. The lowest BCUT2D eigenvalue weighted by atomic mass is 9.53. The van der Waals surface area contributed by atoms with Gasteiger partial charge in [0.05, 0.1) is 0 Å². The Balaban J connectivity index is 1.08. The van der Waals surface area contributed by atoms with Gasteiger partial charge in [0.2, 0.25) is 0 Å². The molecule has 1 saturated heterocycles. The third kappa shape index (κ3) is 4.08. The standard InChI is InChI=1S/C32H34N4O3/c37-26-14-12-21-20-25-24-13-15-27(38)30-32(24,28(21)29(26)39-30)16-19-36(25)18-7-17-33-31(34-22-8-3-1-4-9-22)35-23-10-5-2-6-11-23/h1-6,8-15,24-25,27,30,37-38H,7,16-20H2,(H2,33,34,35)/t24-,25+,27-,30-,32-/m0/s1. The first-order valence-corrected chi connectivity index (χ1v) is 13.9. The van der Waals surface area contributed by atoms with Crippen LogP contribution in [0.3, 0.4) is 0 Å². The number of guanidine groups is 1. The number of phenolic OH excluding ortho intramolecular Hbond substituents is 1. The molecule has 200 valence electrons. The molecule has 3 aromatic carbocycles. The Morgan fingerprint density at radius 2 is 1.69 bits per heavy atom. The molecule has 4 N–H and O–H groups in total. The van der Waals surface area contributed by atoms with Crippen molar-refractivity contribution < 1.29 is 14.9 Å². The lowest BCUT2D eigenvalue weighted by Gasteiger charge is -2.57. The van der Waals surface area contributed by atoms with Crippen LogP contribution < -0.4 is 15.4 Å². The smallest absolute Gasteiger partial charge is 0.200 e. The highest BCUT2D eigenvalue weighted by molar-refractivity contribution is 6.03. The molecule has 2 heterocycles. The van der Waals surface area contributed by atoms with Crippen LogP contribution in [0.5, 0.6) is 11.5 Å². The van der Waals surface area contributed by atoms with Gasteiger partial charge in [-0.2, -0.15) is 0 Å². The number of phenols is 1. The summed E-state index contributed by atoms with van der Waals surface area (Å²) in [6.07, 6.45) is 5.89. The molecule has 0 radical (unpaired) electrons. The van der Waals surface area contributed by atoms with Crippen molar-refractivity contribution >= 4 is 17.3 Å². The Hall–Kier alpha value is -3.81. The summed E-state index contributed by atoms with van der Waals surface area (Å²) < 4.78 is 6.28. The molecule has 1 spiro atoms. The van der Waals surface area contributed by atoms with E-state index >= 15 is 0 Å².